The van der Waals surface area contributed by atoms with Gasteiger partial charge in [-0.05, 0) is 31.2 Å². The van der Waals surface area contributed by atoms with Gasteiger partial charge in [0.25, 0.3) is 5.78 Å². The van der Waals surface area contributed by atoms with E-state index in [9.17, 15) is 19.1 Å². The fourth-order valence-electron chi connectivity index (χ4n) is 3.13. The Kier molecular flexibility index (Phi) is 6.42. The number of benzene rings is 2. The van der Waals surface area contributed by atoms with E-state index in [1.807, 2.05) is 0 Å². The van der Waals surface area contributed by atoms with Gasteiger partial charge in [0.2, 0.25) is 0 Å². The zero-order valence-corrected chi connectivity index (χ0v) is 17.1. The molecule has 0 saturated carbocycles. The molecule has 0 fully saturated rings. The van der Waals surface area contributed by atoms with Crippen molar-refractivity contribution in [2.75, 3.05) is 13.7 Å². The number of esters is 1. The van der Waals surface area contributed by atoms with Crippen LogP contribution in [0.25, 0.3) is 16.7 Å². The molecule has 0 aliphatic heterocycles. The number of ether oxygens (including phenoxy) is 2. The molecule has 0 saturated heterocycles. The van der Waals surface area contributed by atoms with Crippen LogP contribution < -0.4 is 4.74 Å². The number of aliphatic hydroxyl groups excluding tert-OH is 1. The minimum absolute atomic E-state index is 0.0374. The van der Waals surface area contributed by atoms with Crippen molar-refractivity contribution in [2.45, 2.75) is 13.5 Å². The van der Waals surface area contributed by atoms with E-state index in [2.05, 4.69) is 4.74 Å². The highest BCUT2D eigenvalue weighted by Gasteiger charge is 2.20. The summed E-state index contributed by atoms with van der Waals surface area (Å²) in [6.45, 7) is 1.69. The molecule has 0 bridgehead atoms. The molecule has 1 aromatic heterocycles. The van der Waals surface area contributed by atoms with Crippen molar-refractivity contribution >= 4 is 40.0 Å². The Balaban J connectivity index is 2.13. The third-order valence-electron chi connectivity index (χ3n) is 4.50. The van der Waals surface area contributed by atoms with Crippen molar-refractivity contribution in [3.8, 4) is 5.75 Å². The lowest BCUT2D eigenvalue weighted by Crippen LogP contribution is -2.15. The molecule has 0 amide bonds. The van der Waals surface area contributed by atoms with Crippen molar-refractivity contribution in [3.63, 3.8) is 0 Å². The Morgan fingerprint density at radius 2 is 1.97 bits per heavy atom. The fourth-order valence-corrected chi connectivity index (χ4v) is 3.35. The summed E-state index contributed by atoms with van der Waals surface area (Å²) in [6.07, 6.45) is 2.33. The highest BCUT2D eigenvalue weighted by Crippen LogP contribution is 2.35. The molecule has 3 rings (SSSR count). The largest absolute Gasteiger partial charge is 0.507 e. The SMILES string of the molecule is CCOC(=O)C(=O)/C=C(\O)c1cn(Cc2c(F)cccc2Cl)c2cccc(OC)c12. The Hall–Kier alpha value is -3.32. The standard InChI is InChI=1S/C22H19ClFNO5/c1-3-30-22(28)19(27)10-18(26)14-12-25(11-13-15(23)6-4-7-16(13)24)17-8-5-9-20(29-2)21(14)17/h4-10,12,26H,3,11H2,1-2H3/b18-10-. The summed E-state index contributed by atoms with van der Waals surface area (Å²) in [5, 5.41) is 11.3. The van der Waals surface area contributed by atoms with Crippen LogP contribution in [0, 0.1) is 5.82 Å². The molecule has 30 heavy (non-hydrogen) atoms. The summed E-state index contributed by atoms with van der Waals surface area (Å²) in [4.78, 5) is 23.6. The van der Waals surface area contributed by atoms with Crippen molar-refractivity contribution in [1.82, 2.24) is 4.57 Å². The summed E-state index contributed by atoms with van der Waals surface area (Å²) in [7, 11) is 1.47. The lowest BCUT2D eigenvalue weighted by atomic mass is 10.1. The molecular weight excluding hydrogens is 413 g/mol. The first kappa shape index (κ1) is 21.4. The van der Waals surface area contributed by atoms with Crippen molar-refractivity contribution in [1.29, 1.82) is 0 Å². The van der Waals surface area contributed by atoms with E-state index >= 15 is 0 Å². The molecule has 0 unspecified atom stereocenters. The lowest BCUT2D eigenvalue weighted by Gasteiger charge is -2.09. The number of halogens is 2. The molecule has 0 atom stereocenters. The van der Waals surface area contributed by atoms with E-state index in [1.54, 1.807) is 42.0 Å². The van der Waals surface area contributed by atoms with E-state index in [1.165, 1.54) is 19.2 Å². The van der Waals surface area contributed by atoms with Crippen molar-refractivity contribution < 1.29 is 28.6 Å². The van der Waals surface area contributed by atoms with Gasteiger partial charge in [-0.3, -0.25) is 4.79 Å². The van der Waals surface area contributed by atoms with Crippen LogP contribution in [0.4, 0.5) is 4.39 Å². The minimum Gasteiger partial charge on any atom is -0.507 e. The second-order valence-electron chi connectivity index (χ2n) is 6.34. The zero-order chi connectivity index (χ0) is 21.8. The van der Waals surface area contributed by atoms with Gasteiger partial charge in [0.05, 0.1) is 31.2 Å². The predicted octanol–water partition coefficient (Wildman–Crippen LogP) is 4.52. The zero-order valence-electron chi connectivity index (χ0n) is 16.3. The van der Waals surface area contributed by atoms with Gasteiger partial charge in [0, 0.05) is 28.4 Å². The number of methoxy groups -OCH3 is 1. The summed E-state index contributed by atoms with van der Waals surface area (Å²) in [5.41, 5.74) is 1.14. The molecule has 6 nitrogen and oxygen atoms in total. The first-order chi connectivity index (χ1) is 14.4. The van der Waals surface area contributed by atoms with E-state index < -0.39 is 23.3 Å². The Morgan fingerprint density at radius 1 is 1.23 bits per heavy atom. The normalized spacial score (nSPS) is 11.5. The second kappa shape index (κ2) is 9.00. The third kappa shape index (κ3) is 4.16. The molecule has 3 aromatic rings. The van der Waals surface area contributed by atoms with Gasteiger partial charge in [-0.15, -0.1) is 0 Å². The molecule has 0 aliphatic carbocycles. The summed E-state index contributed by atoms with van der Waals surface area (Å²) < 4.78 is 26.0. The molecule has 0 aliphatic rings. The molecule has 156 valence electrons. The average molecular weight is 432 g/mol. The number of hydrogen-bond acceptors (Lipinski definition) is 5. The molecule has 8 heteroatoms. The van der Waals surface area contributed by atoms with Crippen molar-refractivity contribution in [2.24, 2.45) is 0 Å². The van der Waals surface area contributed by atoms with E-state index in [4.69, 9.17) is 16.3 Å². The predicted molar refractivity (Wildman–Crippen MR) is 111 cm³/mol. The fraction of sp³-hybridized carbons (Fsp3) is 0.182. The number of carbonyl (C=O) groups excluding carboxylic acids is 2. The maximum Gasteiger partial charge on any atom is 0.379 e. The van der Waals surface area contributed by atoms with Gasteiger partial charge in [-0.25, -0.2) is 9.18 Å². The van der Waals surface area contributed by atoms with Crippen LogP contribution in [-0.4, -0.2) is 35.1 Å². The molecular formula is C22H19ClFNO5. The van der Waals surface area contributed by atoms with Crippen LogP contribution >= 0.6 is 11.6 Å². The van der Waals surface area contributed by atoms with E-state index in [0.29, 0.717) is 16.7 Å². The van der Waals surface area contributed by atoms with Crippen LogP contribution in [0.2, 0.25) is 5.02 Å². The number of rotatable bonds is 7. The molecule has 1 heterocycles. The summed E-state index contributed by atoms with van der Waals surface area (Å²) in [6, 6.07) is 9.60. The Morgan fingerprint density at radius 3 is 2.63 bits per heavy atom. The third-order valence-corrected chi connectivity index (χ3v) is 4.85. The van der Waals surface area contributed by atoms with Crippen molar-refractivity contribution in [3.05, 3.63) is 70.6 Å². The summed E-state index contributed by atoms with van der Waals surface area (Å²) in [5.74, 6) is -2.54. The van der Waals surface area contributed by atoms with Gasteiger partial charge in [0.15, 0.2) is 0 Å². The van der Waals surface area contributed by atoms with Gasteiger partial charge in [-0.1, -0.05) is 23.7 Å². The van der Waals surface area contributed by atoms with Gasteiger partial charge in [0.1, 0.15) is 17.3 Å². The van der Waals surface area contributed by atoms with Gasteiger partial charge < -0.3 is 19.1 Å². The lowest BCUT2D eigenvalue weighted by molar-refractivity contribution is -0.151. The van der Waals surface area contributed by atoms with Crippen LogP contribution in [-0.2, 0) is 20.9 Å². The molecule has 0 radical (unpaired) electrons. The monoisotopic (exact) mass is 431 g/mol. The highest BCUT2D eigenvalue weighted by atomic mass is 35.5. The van der Waals surface area contributed by atoms with Gasteiger partial charge >= 0.3 is 5.97 Å². The maximum absolute atomic E-state index is 14.3. The first-order valence-corrected chi connectivity index (χ1v) is 9.46. The highest BCUT2D eigenvalue weighted by molar-refractivity contribution is 6.39. The van der Waals surface area contributed by atoms with Crippen LogP contribution in [0.15, 0.2) is 48.7 Å². The van der Waals surface area contributed by atoms with Crippen LogP contribution in [0.5, 0.6) is 5.75 Å². The minimum atomic E-state index is -1.07. The number of aromatic nitrogens is 1. The van der Waals surface area contributed by atoms with Crippen LogP contribution in [0.3, 0.4) is 0 Å². The Bertz CT molecular complexity index is 1130. The second-order valence-corrected chi connectivity index (χ2v) is 6.75. The first-order valence-electron chi connectivity index (χ1n) is 9.08. The number of nitrogens with zero attached hydrogens (tertiary/aromatic N) is 1. The Labute approximate surface area is 177 Å². The number of aliphatic hydroxyl groups is 1. The van der Waals surface area contributed by atoms with Gasteiger partial charge in [-0.2, -0.15) is 0 Å². The average Bonchev–Trinajstić information content (AvgIpc) is 3.09. The molecule has 1 N–H and O–H groups in total. The molecule has 2 aromatic carbocycles. The van der Waals surface area contributed by atoms with Crippen LogP contribution in [0.1, 0.15) is 18.1 Å². The smallest absolute Gasteiger partial charge is 0.379 e. The maximum atomic E-state index is 14.3. The number of hydrogen-bond donors (Lipinski definition) is 1. The van der Waals surface area contributed by atoms with E-state index in [0.717, 1.165) is 6.08 Å². The molecule has 0 spiro atoms. The summed E-state index contributed by atoms with van der Waals surface area (Å²) >= 11 is 6.16. The topological polar surface area (TPSA) is 77.8 Å². The quantitative estimate of drug-likeness (QED) is 0.257. The number of ketones is 1. The van der Waals surface area contributed by atoms with E-state index in [-0.39, 0.29) is 29.3 Å². The number of carbonyl (C=O) groups is 2. The number of fused-ring (bicyclic) bond motifs is 1.